The fraction of sp³-hybridized carbons (Fsp3) is 0.143. The summed E-state index contributed by atoms with van der Waals surface area (Å²) in [7, 11) is 0. The van der Waals surface area contributed by atoms with Gasteiger partial charge in [-0.1, -0.05) is 6.07 Å². The minimum absolute atomic E-state index is 0.291. The Balaban J connectivity index is 1.84. The third-order valence-corrected chi connectivity index (χ3v) is 3.19. The number of carbonyl (C=O) groups excluding carboxylic acids is 2. The Hall–Kier alpha value is -2.56. The number of imide groups is 1. The van der Waals surface area contributed by atoms with Crippen molar-refractivity contribution in [2.75, 3.05) is 12.3 Å². The lowest BCUT2D eigenvalue weighted by molar-refractivity contribution is 0.0655. The summed E-state index contributed by atoms with van der Waals surface area (Å²) in [6.07, 6.45) is 2.06. The van der Waals surface area contributed by atoms with Gasteiger partial charge in [0.15, 0.2) is 0 Å². The summed E-state index contributed by atoms with van der Waals surface area (Å²) in [5.74, 6) is 0.119. The molecule has 0 unspecified atom stereocenters. The first-order valence-corrected chi connectivity index (χ1v) is 5.95. The van der Waals surface area contributed by atoms with Gasteiger partial charge in [0.2, 0.25) is 0 Å². The molecule has 0 saturated carbocycles. The SMILES string of the molecule is Nc1cccc2c1C(=O)N(CCc1ccco1)C2=O. The van der Waals surface area contributed by atoms with Gasteiger partial charge in [0.05, 0.1) is 17.4 Å². The fourth-order valence-electron chi connectivity index (χ4n) is 2.24. The lowest BCUT2D eigenvalue weighted by atomic mass is 10.1. The normalized spacial score (nSPS) is 14.0. The molecular weight excluding hydrogens is 244 g/mol. The van der Waals surface area contributed by atoms with Gasteiger partial charge in [-0.05, 0) is 24.3 Å². The smallest absolute Gasteiger partial charge is 0.263 e. The Morgan fingerprint density at radius 2 is 1.95 bits per heavy atom. The van der Waals surface area contributed by atoms with Crippen LogP contribution in [0.3, 0.4) is 0 Å². The highest BCUT2D eigenvalue weighted by Gasteiger charge is 2.36. The monoisotopic (exact) mass is 256 g/mol. The Morgan fingerprint density at radius 3 is 2.63 bits per heavy atom. The quantitative estimate of drug-likeness (QED) is 0.669. The van der Waals surface area contributed by atoms with E-state index in [4.69, 9.17) is 10.2 Å². The van der Waals surface area contributed by atoms with Crippen molar-refractivity contribution >= 4 is 17.5 Å². The molecule has 0 aliphatic carbocycles. The molecule has 0 radical (unpaired) electrons. The van der Waals surface area contributed by atoms with Gasteiger partial charge in [0, 0.05) is 18.7 Å². The van der Waals surface area contributed by atoms with Crippen LogP contribution >= 0.6 is 0 Å². The topological polar surface area (TPSA) is 76.5 Å². The van der Waals surface area contributed by atoms with Gasteiger partial charge in [0.1, 0.15) is 5.76 Å². The Kier molecular flexibility index (Phi) is 2.59. The summed E-state index contributed by atoms with van der Waals surface area (Å²) in [6.45, 7) is 0.291. The standard InChI is InChI=1S/C14H12N2O3/c15-11-5-1-4-10-12(11)14(18)16(13(10)17)7-6-9-3-2-8-19-9/h1-5,8H,6-7,15H2. The first kappa shape index (κ1) is 11.5. The third kappa shape index (κ3) is 1.79. The van der Waals surface area contributed by atoms with Gasteiger partial charge < -0.3 is 10.2 Å². The van der Waals surface area contributed by atoms with Crippen molar-refractivity contribution in [2.45, 2.75) is 6.42 Å². The molecule has 19 heavy (non-hydrogen) atoms. The van der Waals surface area contributed by atoms with Crippen molar-refractivity contribution in [3.05, 3.63) is 53.5 Å². The predicted molar refractivity (Wildman–Crippen MR) is 68.6 cm³/mol. The van der Waals surface area contributed by atoms with Crippen LogP contribution in [-0.4, -0.2) is 23.3 Å². The largest absolute Gasteiger partial charge is 0.469 e. The highest BCUT2D eigenvalue weighted by atomic mass is 16.3. The number of hydrogen-bond donors (Lipinski definition) is 1. The van der Waals surface area contributed by atoms with Gasteiger partial charge >= 0.3 is 0 Å². The zero-order chi connectivity index (χ0) is 13.4. The van der Waals surface area contributed by atoms with E-state index in [1.165, 1.54) is 4.90 Å². The Labute approximate surface area is 109 Å². The van der Waals surface area contributed by atoms with Crippen LogP contribution in [0.15, 0.2) is 41.0 Å². The van der Waals surface area contributed by atoms with E-state index in [0.717, 1.165) is 5.76 Å². The molecular formula is C14H12N2O3. The van der Waals surface area contributed by atoms with Gasteiger partial charge in [0.25, 0.3) is 11.8 Å². The highest BCUT2D eigenvalue weighted by Crippen LogP contribution is 2.27. The van der Waals surface area contributed by atoms with Crippen LogP contribution in [-0.2, 0) is 6.42 Å². The van der Waals surface area contributed by atoms with Crippen LogP contribution < -0.4 is 5.73 Å². The summed E-state index contributed by atoms with van der Waals surface area (Å²) in [5.41, 5.74) is 6.79. The molecule has 5 heteroatoms. The van der Waals surface area contributed by atoms with E-state index in [0.29, 0.717) is 29.8 Å². The summed E-state index contributed by atoms with van der Waals surface area (Å²) in [6, 6.07) is 8.51. The molecule has 2 aromatic rings. The molecule has 1 aliphatic heterocycles. The molecule has 2 N–H and O–H groups in total. The molecule has 1 aromatic heterocycles. The van der Waals surface area contributed by atoms with Gasteiger partial charge in [-0.15, -0.1) is 0 Å². The molecule has 96 valence electrons. The third-order valence-electron chi connectivity index (χ3n) is 3.19. The molecule has 2 amide bonds. The number of hydrogen-bond acceptors (Lipinski definition) is 4. The molecule has 0 fully saturated rings. The molecule has 2 heterocycles. The Morgan fingerprint density at radius 1 is 1.11 bits per heavy atom. The number of nitrogen functional groups attached to an aromatic ring is 1. The van der Waals surface area contributed by atoms with E-state index in [2.05, 4.69) is 0 Å². The second kappa shape index (κ2) is 4.28. The van der Waals surface area contributed by atoms with Crippen LogP contribution in [0.4, 0.5) is 5.69 Å². The number of benzene rings is 1. The molecule has 5 nitrogen and oxygen atoms in total. The van der Waals surface area contributed by atoms with Crippen molar-refractivity contribution in [2.24, 2.45) is 0 Å². The number of carbonyl (C=O) groups is 2. The zero-order valence-corrected chi connectivity index (χ0v) is 10.1. The number of nitrogens with zero attached hydrogens (tertiary/aromatic N) is 1. The number of anilines is 1. The van der Waals surface area contributed by atoms with Crippen LogP contribution in [0.1, 0.15) is 26.5 Å². The first-order chi connectivity index (χ1) is 9.18. The minimum atomic E-state index is -0.329. The van der Waals surface area contributed by atoms with Crippen LogP contribution in [0.5, 0.6) is 0 Å². The van der Waals surface area contributed by atoms with Gasteiger partial charge in [-0.2, -0.15) is 0 Å². The minimum Gasteiger partial charge on any atom is -0.469 e. The maximum atomic E-state index is 12.2. The number of furan rings is 1. The molecule has 0 spiro atoms. The molecule has 0 atom stereocenters. The zero-order valence-electron chi connectivity index (χ0n) is 10.1. The second-order valence-corrected chi connectivity index (χ2v) is 4.36. The molecule has 3 rings (SSSR count). The summed E-state index contributed by atoms with van der Waals surface area (Å²) >= 11 is 0. The van der Waals surface area contributed by atoms with E-state index in [1.807, 2.05) is 6.07 Å². The second-order valence-electron chi connectivity index (χ2n) is 4.36. The highest BCUT2D eigenvalue weighted by molar-refractivity contribution is 6.23. The van der Waals surface area contributed by atoms with Gasteiger partial charge in [-0.25, -0.2) is 0 Å². The van der Waals surface area contributed by atoms with E-state index in [9.17, 15) is 9.59 Å². The van der Waals surface area contributed by atoms with Crippen LogP contribution in [0, 0.1) is 0 Å². The van der Waals surface area contributed by atoms with Gasteiger partial charge in [-0.3, -0.25) is 14.5 Å². The number of fused-ring (bicyclic) bond motifs is 1. The maximum absolute atomic E-state index is 12.2. The predicted octanol–water partition coefficient (Wildman–Crippen LogP) is 1.70. The molecule has 1 aromatic carbocycles. The van der Waals surface area contributed by atoms with Crippen molar-refractivity contribution in [3.63, 3.8) is 0 Å². The summed E-state index contributed by atoms with van der Waals surface area (Å²) in [4.78, 5) is 25.5. The van der Waals surface area contributed by atoms with Crippen molar-refractivity contribution in [1.29, 1.82) is 0 Å². The number of amides is 2. The number of rotatable bonds is 3. The lowest BCUT2D eigenvalue weighted by Crippen LogP contribution is -2.31. The van der Waals surface area contributed by atoms with E-state index in [-0.39, 0.29) is 11.8 Å². The molecule has 1 aliphatic rings. The van der Waals surface area contributed by atoms with Crippen LogP contribution in [0.25, 0.3) is 0 Å². The summed E-state index contributed by atoms with van der Waals surface area (Å²) < 4.78 is 5.19. The van der Waals surface area contributed by atoms with Crippen molar-refractivity contribution in [1.82, 2.24) is 4.90 Å². The number of nitrogens with two attached hydrogens (primary N) is 1. The first-order valence-electron chi connectivity index (χ1n) is 5.95. The van der Waals surface area contributed by atoms with Crippen molar-refractivity contribution < 1.29 is 14.0 Å². The van der Waals surface area contributed by atoms with Crippen LogP contribution in [0.2, 0.25) is 0 Å². The molecule has 0 bridgehead atoms. The summed E-state index contributed by atoms with van der Waals surface area (Å²) in [5, 5.41) is 0. The average molecular weight is 256 g/mol. The van der Waals surface area contributed by atoms with E-state index >= 15 is 0 Å². The molecule has 0 saturated heterocycles. The van der Waals surface area contributed by atoms with E-state index in [1.54, 1.807) is 30.5 Å². The van der Waals surface area contributed by atoms with E-state index < -0.39 is 0 Å². The van der Waals surface area contributed by atoms with Crippen molar-refractivity contribution in [3.8, 4) is 0 Å². The lowest BCUT2D eigenvalue weighted by Gasteiger charge is -2.12. The fourth-order valence-corrected chi connectivity index (χ4v) is 2.24. The Bertz CT molecular complexity index is 647. The maximum Gasteiger partial charge on any atom is 0.263 e. The average Bonchev–Trinajstić information content (AvgIpc) is 2.98.